The van der Waals surface area contributed by atoms with E-state index in [0.717, 1.165) is 0 Å². The largest absolute Gasteiger partial charge is 0.197 e. The molecule has 0 saturated heterocycles. The van der Waals surface area contributed by atoms with Crippen LogP contribution in [-0.4, -0.2) is 27.9 Å². The third kappa shape index (κ3) is 10.2. The van der Waals surface area contributed by atoms with E-state index >= 15 is 0 Å². The van der Waals surface area contributed by atoms with Crippen LogP contribution in [0.1, 0.15) is 6.92 Å². The molecule has 0 radical (unpaired) electrons. The summed E-state index contributed by atoms with van der Waals surface area (Å²) < 4.78 is 1.39. The van der Waals surface area contributed by atoms with E-state index in [4.69, 9.17) is 0 Å². The van der Waals surface area contributed by atoms with Gasteiger partial charge in [-0.2, -0.15) is 13.5 Å². The van der Waals surface area contributed by atoms with Gasteiger partial charge in [-0.15, -0.1) is 0 Å². The third-order valence-electron chi connectivity index (χ3n) is 0. The molecular formula is C2H7NaS. The second-order valence-electron chi connectivity index (χ2n) is 0.707. The van der Waals surface area contributed by atoms with E-state index in [0.29, 0.717) is 0 Å². The molecule has 0 aliphatic rings. The van der Waals surface area contributed by atoms with Crippen LogP contribution in [0.15, 0.2) is 0 Å². The normalized spacial score (nSPS) is 4.75. The van der Waals surface area contributed by atoms with Crippen molar-refractivity contribution in [3.63, 3.8) is 0 Å². The Morgan fingerprint density at radius 1 is 1.75 bits per heavy atom. The van der Waals surface area contributed by atoms with Crippen molar-refractivity contribution in [1.82, 2.24) is 0 Å². The molecule has 0 rings (SSSR count). The van der Waals surface area contributed by atoms with Crippen molar-refractivity contribution in [1.29, 1.82) is 0 Å². The fraction of sp³-hybridized carbons (Fsp3) is 1.00. The second-order valence-corrected chi connectivity index (χ2v) is 2.12. The predicted octanol–water partition coefficient (Wildman–Crippen LogP) is 0.706. The van der Waals surface area contributed by atoms with Gasteiger partial charge in [0, 0.05) is 0 Å². The molecule has 0 aliphatic heterocycles. The molecule has 22 valence electrons. The van der Waals surface area contributed by atoms with Gasteiger partial charge in [0.05, 0.1) is 0 Å². The van der Waals surface area contributed by atoms with E-state index in [2.05, 4.69) is 6.92 Å². The Bertz CT molecular complexity index is 6.00. The van der Waals surface area contributed by atoms with E-state index < -0.39 is 0 Å². The van der Waals surface area contributed by atoms with Crippen LogP contribution in [0.5, 0.6) is 0 Å². The first-order valence-electron chi connectivity index (χ1n) is 1.41. The van der Waals surface area contributed by atoms with E-state index in [1.54, 1.807) is 0 Å². The van der Waals surface area contributed by atoms with Gasteiger partial charge in [0.2, 0.25) is 0 Å². The molecule has 0 N–H and O–H groups in total. The summed E-state index contributed by atoms with van der Waals surface area (Å²) >= 11 is 1.37. The SMILES string of the molecule is C[CH2][Na].S. The number of hydrogen-bond donors (Lipinski definition) is 0. The molecule has 2 heteroatoms. The Labute approximate surface area is 51.8 Å². The molecule has 4 heavy (non-hydrogen) atoms. The molecule has 0 aliphatic carbocycles. The molecule has 0 atom stereocenters. The van der Waals surface area contributed by atoms with Crippen molar-refractivity contribution in [2.24, 2.45) is 0 Å². The van der Waals surface area contributed by atoms with Crippen LogP contribution in [-0.2, 0) is 0 Å². The van der Waals surface area contributed by atoms with Crippen LogP contribution in [0.2, 0.25) is 3.67 Å². The first kappa shape index (κ1) is 9.02. The van der Waals surface area contributed by atoms with Crippen molar-refractivity contribution in [2.75, 3.05) is 0 Å². The van der Waals surface area contributed by atoms with E-state index in [9.17, 15) is 0 Å². The minimum Gasteiger partial charge on any atom is -0.197 e. The monoisotopic (exact) mass is 86.0 g/mol. The van der Waals surface area contributed by atoms with E-state index in [-0.39, 0.29) is 13.5 Å². The topological polar surface area (TPSA) is 0 Å². The Kier molecular flexibility index (Phi) is 19.9. The minimum absolute atomic E-state index is 0. The molecule has 0 bridgehead atoms. The Hall–Kier alpha value is 1.35. The van der Waals surface area contributed by atoms with Crippen LogP contribution in [0.25, 0.3) is 0 Å². The van der Waals surface area contributed by atoms with Gasteiger partial charge in [-0.05, 0) is 0 Å². The van der Waals surface area contributed by atoms with E-state index in [1.165, 1.54) is 31.6 Å². The summed E-state index contributed by atoms with van der Waals surface area (Å²) in [5.41, 5.74) is 0. The molecule has 0 fully saturated rings. The first-order valence-corrected chi connectivity index (χ1v) is 2.83. The maximum atomic E-state index is 2.19. The van der Waals surface area contributed by atoms with Gasteiger partial charge in [0.25, 0.3) is 0 Å². The standard InChI is InChI=1S/C2H5.Na.H2S/c1-2;;/h1H2,2H3;;1H2. The zero-order chi connectivity index (χ0) is 2.71. The maximum absolute atomic E-state index is 2.19. The van der Waals surface area contributed by atoms with Crippen molar-refractivity contribution in [3.05, 3.63) is 0 Å². The molecule has 0 spiro atoms. The zero-order valence-corrected chi connectivity index (χ0v) is 6.21. The average Bonchev–Trinajstić information content (AvgIpc) is 0.918. The Morgan fingerprint density at radius 2 is 1.75 bits per heavy atom. The minimum atomic E-state index is 0. The van der Waals surface area contributed by atoms with Crippen LogP contribution in [0.3, 0.4) is 0 Å². The quantitative estimate of drug-likeness (QED) is 0.381. The Morgan fingerprint density at radius 3 is 1.75 bits per heavy atom. The molecule has 0 saturated carbocycles. The number of rotatable bonds is 0. The average molecular weight is 86.1 g/mol. The molecule has 0 aromatic rings. The zero-order valence-electron chi connectivity index (χ0n) is 3.21. The summed E-state index contributed by atoms with van der Waals surface area (Å²) in [5, 5.41) is 0. The van der Waals surface area contributed by atoms with E-state index in [1.807, 2.05) is 0 Å². The molecule has 0 nitrogen and oxygen atoms in total. The predicted molar refractivity (Wildman–Crippen MR) is 26.6 cm³/mol. The summed E-state index contributed by atoms with van der Waals surface area (Å²) in [6.07, 6.45) is 0. The second kappa shape index (κ2) is 8.84. The van der Waals surface area contributed by atoms with Crippen molar-refractivity contribution in [2.45, 2.75) is 10.6 Å². The van der Waals surface area contributed by atoms with Gasteiger partial charge in [0.1, 0.15) is 0 Å². The van der Waals surface area contributed by atoms with Gasteiger partial charge in [0.15, 0.2) is 0 Å². The smallest absolute Gasteiger partial charge is 0.197 e. The van der Waals surface area contributed by atoms with Gasteiger partial charge in [-0.3, -0.25) is 0 Å². The molecule has 0 amide bonds. The fourth-order valence-corrected chi connectivity index (χ4v) is 0. The van der Waals surface area contributed by atoms with Gasteiger partial charge < -0.3 is 0 Å². The first-order chi connectivity index (χ1) is 1.41. The maximum Gasteiger partial charge on any atom is -0.197 e. The fourth-order valence-electron chi connectivity index (χ4n) is 0. The van der Waals surface area contributed by atoms with Gasteiger partial charge >= 0.3 is 38.5 Å². The summed E-state index contributed by atoms with van der Waals surface area (Å²) in [4.78, 5) is 0. The van der Waals surface area contributed by atoms with Gasteiger partial charge in [-0.1, -0.05) is 0 Å². The van der Waals surface area contributed by atoms with Gasteiger partial charge in [-0.25, -0.2) is 0 Å². The molecule has 0 aromatic heterocycles. The van der Waals surface area contributed by atoms with Crippen LogP contribution < -0.4 is 0 Å². The van der Waals surface area contributed by atoms with Crippen molar-refractivity contribution < 1.29 is 0 Å². The van der Waals surface area contributed by atoms with Crippen LogP contribution in [0.4, 0.5) is 0 Å². The Balaban J connectivity index is 0. The van der Waals surface area contributed by atoms with Crippen LogP contribution in [0, 0.1) is 0 Å². The van der Waals surface area contributed by atoms with Crippen molar-refractivity contribution in [3.8, 4) is 0 Å². The third-order valence-corrected chi connectivity index (χ3v) is 0. The number of hydrogen-bond acceptors (Lipinski definition) is 0. The van der Waals surface area contributed by atoms with Crippen molar-refractivity contribution >= 4 is 41.4 Å². The summed E-state index contributed by atoms with van der Waals surface area (Å²) in [7, 11) is 0. The summed E-state index contributed by atoms with van der Waals surface area (Å²) in [6.45, 7) is 2.19. The summed E-state index contributed by atoms with van der Waals surface area (Å²) in [6, 6.07) is 0. The molecular weight excluding hydrogens is 79.1 g/mol. The molecule has 0 heterocycles. The van der Waals surface area contributed by atoms with Crippen LogP contribution >= 0.6 is 13.5 Å². The molecule has 0 aromatic carbocycles. The molecule has 0 unspecified atom stereocenters. The summed E-state index contributed by atoms with van der Waals surface area (Å²) in [5.74, 6) is 0.